The molecule has 0 radical (unpaired) electrons. The van der Waals surface area contributed by atoms with E-state index < -0.39 is 6.09 Å². The molecule has 0 fully saturated rings. The maximum atomic E-state index is 12.6. The molecule has 0 aliphatic heterocycles. The Hall–Kier alpha value is -0.580. The number of alkyl halides is 1. The van der Waals surface area contributed by atoms with Crippen LogP contribution in [-0.4, -0.2) is 23.1 Å². The number of hydrogen-bond acceptors (Lipinski definition) is 1. The van der Waals surface area contributed by atoms with Crippen LogP contribution in [0, 0.1) is 0 Å². The largest absolute Gasteiger partial charge is 0.465 e. The molecule has 0 saturated carbocycles. The Morgan fingerprint density at radius 2 is 2.27 bits per heavy atom. The lowest BCUT2D eigenvalue weighted by atomic mass is 10.3. The Bertz CT molecular complexity index is 181. The summed E-state index contributed by atoms with van der Waals surface area (Å²) in [5.41, 5.74) is 0.393. The number of halogens is 2. The minimum absolute atomic E-state index is 0.0345. The van der Waals surface area contributed by atoms with E-state index in [1.807, 2.05) is 0 Å². The quantitative estimate of drug-likeness (QED) is 0.722. The fourth-order valence-electron chi connectivity index (χ4n) is 0.418. The van der Waals surface area contributed by atoms with E-state index in [9.17, 15) is 9.18 Å². The van der Waals surface area contributed by atoms with Crippen LogP contribution in [0.5, 0.6) is 0 Å². The maximum Gasteiger partial charge on any atom is 0.404 e. The van der Waals surface area contributed by atoms with E-state index in [4.69, 9.17) is 5.11 Å². The fraction of sp³-hybridized carbons (Fsp3) is 0.500. The zero-order valence-corrected chi connectivity index (χ0v) is 7.61. The highest BCUT2D eigenvalue weighted by atomic mass is 79.9. The predicted octanol–water partition coefficient (Wildman–Crippen LogP) is 1.89. The molecule has 0 aromatic carbocycles. The molecule has 0 rings (SSSR count). The zero-order valence-electron chi connectivity index (χ0n) is 6.03. The van der Waals surface area contributed by atoms with Crippen molar-refractivity contribution < 1.29 is 14.3 Å². The number of carboxylic acid groups (broad SMARTS) is 1. The van der Waals surface area contributed by atoms with Crippen molar-refractivity contribution in [1.82, 2.24) is 5.32 Å². The SMILES string of the molecule is C/C(CNC(=O)O)=C(\F)CBr. The Balaban J connectivity index is 3.85. The average molecular weight is 226 g/mol. The van der Waals surface area contributed by atoms with Crippen LogP contribution in [0.3, 0.4) is 0 Å². The molecule has 0 unspecified atom stereocenters. The number of rotatable bonds is 3. The summed E-state index contributed by atoms with van der Waals surface area (Å²) in [6.45, 7) is 1.57. The molecule has 1 amide bonds. The van der Waals surface area contributed by atoms with E-state index in [1.54, 1.807) is 0 Å². The van der Waals surface area contributed by atoms with Crippen LogP contribution in [0.15, 0.2) is 11.4 Å². The van der Waals surface area contributed by atoms with Crippen molar-refractivity contribution in [3.8, 4) is 0 Å². The fourth-order valence-corrected chi connectivity index (χ4v) is 0.897. The van der Waals surface area contributed by atoms with Crippen molar-refractivity contribution in [1.29, 1.82) is 0 Å². The smallest absolute Gasteiger partial charge is 0.404 e. The van der Waals surface area contributed by atoms with Crippen molar-refractivity contribution in [3.05, 3.63) is 11.4 Å². The van der Waals surface area contributed by atoms with Crippen molar-refractivity contribution in [3.63, 3.8) is 0 Å². The normalized spacial score (nSPS) is 12.3. The van der Waals surface area contributed by atoms with E-state index in [0.29, 0.717) is 5.57 Å². The van der Waals surface area contributed by atoms with Gasteiger partial charge in [0.1, 0.15) is 5.83 Å². The minimum Gasteiger partial charge on any atom is -0.465 e. The molecule has 64 valence electrons. The van der Waals surface area contributed by atoms with Crippen molar-refractivity contribution in [2.45, 2.75) is 6.92 Å². The molecular formula is C6H9BrFNO2. The molecule has 0 saturated heterocycles. The number of nitrogens with one attached hydrogen (secondary N) is 1. The molecule has 2 N–H and O–H groups in total. The Labute approximate surface area is 72.4 Å². The maximum absolute atomic E-state index is 12.6. The van der Waals surface area contributed by atoms with Crippen LogP contribution < -0.4 is 5.32 Å². The van der Waals surface area contributed by atoms with Crippen LogP contribution in [0.4, 0.5) is 9.18 Å². The Kier molecular flexibility index (Phi) is 4.85. The van der Waals surface area contributed by atoms with Gasteiger partial charge in [0.25, 0.3) is 0 Å². The molecule has 11 heavy (non-hydrogen) atoms. The first-order chi connectivity index (χ1) is 5.07. The van der Waals surface area contributed by atoms with E-state index >= 15 is 0 Å². The van der Waals surface area contributed by atoms with Gasteiger partial charge in [0.2, 0.25) is 0 Å². The van der Waals surface area contributed by atoms with Gasteiger partial charge in [0.15, 0.2) is 0 Å². The van der Waals surface area contributed by atoms with Crippen LogP contribution in [0.1, 0.15) is 6.92 Å². The van der Waals surface area contributed by atoms with Crippen LogP contribution in [0.2, 0.25) is 0 Å². The molecule has 0 spiro atoms. The average Bonchev–Trinajstić information content (AvgIpc) is 1.98. The third-order valence-corrected chi connectivity index (χ3v) is 1.58. The monoisotopic (exact) mass is 225 g/mol. The van der Waals surface area contributed by atoms with Gasteiger partial charge in [-0.1, -0.05) is 15.9 Å². The third-order valence-electron chi connectivity index (χ3n) is 1.09. The third kappa shape index (κ3) is 4.78. The van der Waals surface area contributed by atoms with Gasteiger partial charge in [-0.05, 0) is 12.5 Å². The van der Waals surface area contributed by atoms with Gasteiger partial charge >= 0.3 is 6.09 Å². The second-order valence-corrected chi connectivity index (χ2v) is 2.54. The lowest BCUT2D eigenvalue weighted by Gasteiger charge is -2.01. The predicted molar refractivity (Wildman–Crippen MR) is 43.6 cm³/mol. The van der Waals surface area contributed by atoms with Gasteiger partial charge in [-0.2, -0.15) is 0 Å². The molecule has 0 aliphatic rings. The molecule has 5 heteroatoms. The first-order valence-electron chi connectivity index (χ1n) is 2.94. The highest BCUT2D eigenvalue weighted by Crippen LogP contribution is 2.07. The number of amides is 1. The molecular weight excluding hydrogens is 217 g/mol. The summed E-state index contributed by atoms with van der Waals surface area (Å²) in [5, 5.41) is 10.3. The molecule has 0 aliphatic carbocycles. The highest BCUT2D eigenvalue weighted by molar-refractivity contribution is 9.09. The summed E-state index contributed by atoms with van der Waals surface area (Å²) in [7, 11) is 0. The zero-order chi connectivity index (χ0) is 8.85. The van der Waals surface area contributed by atoms with E-state index in [-0.39, 0.29) is 17.7 Å². The summed E-state index contributed by atoms with van der Waals surface area (Å²) in [6, 6.07) is 0. The van der Waals surface area contributed by atoms with Gasteiger partial charge in [-0.15, -0.1) is 0 Å². The van der Waals surface area contributed by atoms with Gasteiger partial charge in [-0.25, -0.2) is 9.18 Å². The van der Waals surface area contributed by atoms with Crippen molar-refractivity contribution in [2.24, 2.45) is 0 Å². The molecule has 0 heterocycles. The lowest BCUT2D eigenvalue weighted by Crippen LogP contribution is -2.23. The van der Waals surface area contributed by atoms with E-state index in [1.165, 1.54) is 6.92 Å². The molecule has 0 atom stereocenters. The van der Waals surface area contributed by atoms with E-state index in [2.05, 4.69) is 21.2 Å². The highest BCUT2D eigenvalue weighted by Gasteiger charge is 2.00. The van der Waals surface area contributed by atoms with Crippen molar-refractivity contribution in [2.75, 3.05) is 11.9 Å². The van der Waals surface area contributed by atoms with Gasteiger partial charge in [-0.3, -0.25) is 0 Å². The first-order valence-corrected chi connectivity index (χ1v) is 4.07. The summed E-state index contributed by atoms with van der Waals surface area (Å²) in [6.07, 6.45) is -1.15. The van der Waals surface area contributed by atoms with Gasteiger partial charge < -0.3 is 10.4 Å². The number of carbonyl (C=O) groups is 1. The van der Waals surface area contributed by atoms with Crippen molar-refractivity contribution >= 4 is 22.0 Å². The van der Waals surface area contributed by atoms with Gasteiger partial charge in [0.05, 0.1) is 5.33 Å². The second-order valence-electron chi connectivity index (χ2n) is 1.98. The summed E-state index contributed by atoms with van der Waals surface area (Å²) < 4.78 is 12.6. The molecule has 0 aromatic rings. The Morgan fingerprint density at radius 3 is 2.64 bits per heavy atom. The minimum atomic E-state index is -1.15. The topological polar surface area (TPSA) is 49.3 Å². The Morgan fingerprint density at radius 1 is 1.73 bits per heavy atom. The van der Waals surface area contributed by atoms with Crippen LogP contribution >= 0.6 is 15.9 Å². The van der Waals surface area contributed by atoms with Crippen LogP contribution in [-0.2, 0) is 0 Å². The molecule has 0 aromatic heterocycles. The number of allylic oxidation sites excluding steroid dienone is 1. The first kappa shape index (κ1) is 10.4. The summed E-state index contributed by atoms with van der Waals surface area (Å²) in [5.74, 6) is -0.334. The molecule has 3 nitrogen and oxygen atoms in total. The van der Waals surface area contributed by atoms with Gasteiger partial charge in [0, 0.05) is 6.54 Å². The lowest BCUT2D eigenvalue weighted by molar-refractivity contribution is 0.195. The molecule has 0 bridgehead atoms. The van der Waals surface area contributed by atoms with E-state index in [0.717, 1.165) is 0 Å². The van der Waals surface area contributed by atoms with Crippen LogP contribution in [0.25, 0.3) is 0 Å². The number of hydrogen-bond donors (Lipinski definition) is 2. The standard InChI is InChI=1S/C6H9BrFNO2/c1-4(5(8)2-7)3-9-6(10)11/h9H,2-3H2,1H3,(H,10,11)/b5-4+. The summed E-state index contributed by atoms with van der Waals surface area (Å²) >= 11 is 2.91. The summed E-state index contributed by atoms with van der Waals surface area (Å²) in [4.78, 5) is 9.95. The second kappa shape index (κ2) is 5.12.